The Morgan fingerprint density at radius 2 is 1.89 bits per heavy atom. The summed E-state index contributed by atoms with van der Waals surface area (Å²) in [5, 5.41) is 2.91. The van der Waals surface area contributed by atoms with Crippen molar-refractivity contribution < 1.29 is 9.47 Å². The fourth-order valence-corrected chi connectivity index (χ4v) is 2.80. The number of halogens is 2. The summed E-state index contributed by atoms with van der Waals surface area (Å²) in [5.41, 5.74) is 1.17. The molecule has 2 aromatic carbocycles. The van der Waals surface area contributed by atoms with Gasteiger partial charge in [0.05, 0.1) is 18.6 Å². The fourth-order valence-electron chi connectivity index (χ4n) is 2.03. The maximum atomic E-state index is 5.89. The highest BCUT2D eigenvalue weighted by atomic mass is 79.9. The first-order chi connectivity index (χ1) is 9.06. The molecule has 0 unspecified atom stereocenters. The zero-order chi connectivity index (χ0) is 14.0. The van der Waals surface area contributed by atoms with E-state index in [-0.39, 0.29) is 6.10 Å². The number of hydrogen-bond acceptors (Lipinski definition) is 2. The quantitative estimate of drug-likeness (QED) is 0.663. The van der Waals surface area contributed by atoms with Gasteiger partial charge in [0.1, 0.15) is 11.5 Å². The first kappa shape index (κ1) is 14.7. The molecule has 19 heavy (non-hydrogen) atoms. The van der Waals surface area contributed by atoms with Gasteiger partial charge in [0.15, 0.2) is 0 Å². The van der Waals surface area contributed by atoms with Gasteiger partial charge in [-0.2, -0.15) is 0 Å². The minimum Gasteiger partial charge on any atom is -0.496 e. The molecule has 0 radical (unpaired) electrons. The lowest BCUT2D eigenvalue weighted by Gasteiger charge is -2.16. The summed E-state index contributed by atoms with van der Waals surface area (Å²) in [6, 6.07) is 8.17. The van der Waals surface area contributed by atoms with Crippen molar-refractivity contribution in [3.05, 3.63) is 34.3 Å². The van der Waals surface area contributed by atoms with E-state index in [4.69, 9.17) is 9.47 Å². The predicted molar refractivity (Wildman–Crippen MR) is 86.6 cm³/mol. The molecule has 0 aromatic heterocycles. The Bertz CT molecular complexity index is 594. The topological polar surface area (TPSA) is 18.5 Å². The van der Waals surface area contributed by atoms with Crippen LogP contribution >= 0.6 is 31.9 Å². The van der Waals surface area contributed by atoms with E-state index >= 15 is 0 Å². The van der Waals surface area contributed by atoms with Gasteiger partial charge in [-0.25, -0.2) is 0 Å². The molecule has 0 atom stereocenters. The van der Waals surface area contributed by atoms with Crippen molar-refractivity contribution in [3.8, 4) is 11.5 Å². The Labute approximate surface area is 130 Å². The maximum absolute atomic E-state index is 5.89. The number of ether oxygens (including phenoxy) is 2. The Kier molecular flexibility index (Phi) is 4.74. The van der Waals surface area contributed by atoms with Crippen molar-refractivity contribution in [1.82, 2.24) is 0 Å². The van der Waals surface area contributed by atoms with E-state index in [1.54, 1.807) is 7.11 Å². The van der Waals surface area contributed by atoms with Crippen LogP contribution in [0.1, 0.15) is 19.4 Å². The molecular formula is C15H16Br2O2. The van der Waals surface area contributed by atoms with E-state index in [0.717, 1.165) is 32.1 Å². The number of fused-ring (bicyclic) bond motifs is 1. The second-order valence-corrected chi connectivity index (χ2v) is 5.98. The van der Waals surface area contributed by atoms with Gasteiger partial charge in [0.25, 0.3) is 0 Å². The molecule has 0 saturated heterocycles. The minimum atomic E-state index is 0.130. The van der Waals surface area contributed by atoms with Gasteiger partial charge in [-0.05, 0) is 43.7 Å². The highest BCUT2D eigenvalue weighted by Crippen LogP contribution is 2.39. The van der Waals surface area contributed by atoms with Crippen molar-refractivity contribution in [2.75, 3.05) is 7.11 Å². The Balaban J connectivity index is 2.75. The normalized spacial score (nSPS) is 11.1. The zero-order valence-electron chi connectivity index (χ0n) is 11.2. The minimum absolute atomic E-state index is 0.130. The van der Waals surface area contributed by atoms with Gasteiger partial charge >= 0.3 is 0 Å². The Hall–Kier alpha value is -0.740. The van der Waals surface area contributed by atoms with E-state index in [2.05, 4.69) is 37.9 Å². The first-order valence-electron chi connectivity index (χ1n) is 6.08. The number of alkyl halides is 1. The summed E-state index contributed by atoms with van der Waals surface area (Å²) >= 11 is 7.09. The summed E-state index contributed by atoms with van der Waals surface area (Å²) in [5.74, 6) is 1.69. The van der Waals surface area contributed by atoms with Crippen LogP contribution in [0, 0.1) is 0 Å². The molecule has 0 amide bonds. The third kappa shape index (κ3) is 3.06. The summed E-state index contributed by atoms with van der Waals surface area (Å²) in [6.07, 6.45) is 0.130. The molecule has 0 aliphatic heterocycles. The van der Waals surface area contributed by atoms with Gasteiger partial charge in [0, 0.05) is 15.2 Å². The molecule has 0 N–H and O–H groups in total. The van der Waals surface area contributed by atoms with Crippen molar-refractivity contribution in [1.29, 1.82) is 0 Å². The Morgan fingerprint density at radius 1 is 1.16 bits per heavy atom. The van der Waals surface area contributed by atoms with Crippen LogP contribution in [0.4, 0.5) is 0 Å². The molecule has 102 valence electrons. The highest BCUT2D eigenvalue weighted by molar-refractivity contribution is 9.10. The van der Waals surface area contributed by atoms with Crippen LogP contribution in [0.15, 0.2) is 28.7 Å². The van der Waals surface area contributed by atoms with E-state index in [9.17, 15) is 0 Å². The summed E-state index contributed by atoms with van der Waals surface area (Å²) in [7, 11) is 1.69. The lowest BCUT2D eigenvalue weighted by Crippen LogP contribution is -2.06. The maximum Gasteiger partial charge on any atom is 0.131 e. The molecule has 0 bridgehead atoms. The molecule has 0 spiro atoms. The molecule has 0 saturated carbocycles. The van der Waals surface area contributed by atoms with Crippen LogP contribution in [0.3, 0.4) is 0 Å². The van der Waals surface area contributed by atoms with E-state index in [1.165, 1.54) is 5.56 Å². The second-order valence-electron chi connectivity index (χ2n) is 4.57. The van der Waals surface area contributed by atoms with Crippen molar-refractivity contribution in [3.63, 3.8) is 0 Å². The zero-order valence-corrected chi connectivity index (χ0v) is 14.3. The number of rotatable bonds is 4. The van der Waals surface area contributed by atoms with E-state index in [0.29, 0.717) is 0 Å². The van der Waals surface area contributed by atoms with Crippen molar-refractivity contribution in [2.24, 2.45) is 0 Å². The third-order valence-electron chi connectivity index (χ3n) is 2.78. The molecular weight excluding hydrogens is 372 g/mol. The fraction of sp³-hybridized carbons (Fsp3) is 0.333. The van der Waals surface area contributed by atoms with Gasteiger partial charge in [-0.1, -0.05) is 31.9 Å². The molecule has 0 heterocycles. The van der Waals surface area contributed by atoms with E-state index < -0.39 is 0 Å². The third-order valence-corrected chi connectivity index (χ3v) is 4.12. The molecule has 0 aliphatic carbocycles. The Morgan fingerprint density at radius 3 is 2.47 bits per heavy atom. The average Bonchev–Trinajstić information content (AvgIpc) is 2.40. The van der Waals surface area contributed by atoms with Crippen LogP contribution in [-0.2, 0) is 5.33 Å². The van der Waals surface area contributed by atoms with Crippen molar-refractivity contribution in [2.45, 2.75) is 25.3 Å². The van der Waals surface area contributed by atoms with Gasteiger partial charge in [0.2, 0.25) is 0 Å². The summed E-state index contributed by atoms with van der Waals surface area (Å²) in [4.78, 5) is 0. The largest absolute Gasteiger partial charge is 0.496 e. The summed E-state index contributed by atoms with van der Waals surface area (Å²) < 4.78 is 12.5. The van der Waals surface area contributed by atoms with Crippen LogP contribution in [0.5, 0.6) is 11.5 Å². The monoisotopic (exact) mass is 386 g/mol. The second kappa shape index (κ2) is 6.14. The van der Waals surface area contributed by atoms with Crippen LogP contribution in [-0.4, -0.2) is 13.2 Å². The molecule has 2 aromatic rings. The van der Waals surface area contributed by atoms with E-state index in [1.807, 2.05) is 32.0 Å². The standard InChI is InChI=1S/C15H16Br2O2/c1-9(2)19-13-5-4-12(17)11-6-10(8-16)7-14(18-3)15(11)13/h4-7,9H,8H2,1-3H3. The number of hydrogen-bond donors (Lipinski definition) is 0. The average molecular weight is 388 g/mol. The molecule has 4 heteroatoms. The predicted octanol–water partition coefficient (Wildman–Crippen LogP) is 5.29. The van der Waals surface area contributed by atoms with Crippen LogP contribution in [0.2, 0.25) is 0 Å². The lowest BCUT2D eigenvalue weighted by atomic mass is 10.1. The smallest absolute Gasteiger partial charge is 0.131 e. The molecule has 0 aliphatic rings. The molecule has 2 nitrogen and oxygen atoms in total. The van der Waals surface area contributed by atoms with Gasteiger partial charge < -0.3 is 9.47 Å². The highest BCUT2D eigenvalue weighted by Gasteiger charge is 2.13. The SMILES string of the molecule is COc1cc(CBr)cc2c(Br)ccc(OC(C)C)c12. The molecule has 0 fully saturated rings. The van der Waals surface area contributed by atoms with Crippen LogP contribution < -0.4 is 9.47 Å². The van der Waals surface area contributed by atoms with Gasteiger partial charge in [-0.3, -0.25) is 0 Å². The van der Waals surface area contributed by atoms with Crippen LogP contribution in [0.25, 0.3) is 10.8 Å². The molecule has 2 rings (SSSR count). The summed E-state index contributed by atoms with van der Waals surface area (Å²) in [6.45, 7) is 4.04. The van der Waals surface area contributed by atoms with Gasteiger partial charge in [-0.15, -0.1) is 0 Å². The first-order valence-corrected chi connectivity index (χ1v) is 8.00. The lowest BCUT2D eigenvalue weighted by molar-refractivity contribution is 0.245. The van der Waals surface area contributed by atoms with Crippen molar-refractivity contribution >= 4 is 42.6 Å². The number of methoxy groups -OCH3 is 1. The number of benzene rings is 2.